The SMILES string of the molecule is O=C(O)c1cc2cc(F)ccc2n1CCCO. The fourth-order valence-electron chi connectivity index (χ4n) is 1.89. The van der Waals surface area contributed by atoms with E-state index in [0.717, 1.165) is 0 Å². The predicted molar refractivity (Wildman–Crippen MR) is 60.6 cm³/mol. The molecule has 0 aliphatic heterocycles. The number of aryl methyl sites for hydroxylation is 1. The number of aliphatic hydroxyl groups is 1. The van der Waals surface area contributed by atoms with Gasteiger partial charge in [0.15, 0.2) is 0 Å². The summed E-state index contributed by atoms with van der Waals surface area (Å²) in [6.07, 6.45) is 0.460. The Hall–Kier alpha value is -1.88. The van der Waals surface area contributed by atoms with E-state index in [1.54, 1.807) is 10.6 Å². The topological polar surface area (TPSA) is 62.5 Å². The molecule has 0 radical (unpaired) electrons. The van der Waals surface area contributed by atoms with E-state index >= 15 is 0 Å². The summed E-state index contributed by atoms with van der Waals surface area (Å²) < 4.78 is 14.6. The molecule has 0 aliphatic rings. The van der Waals surface area contributed by atoms with Crippen LogP contribution in [0.1, 0.15) is 16.9 Å². The highest BCUT2D eigenvalue weighted by Crippen LogP contribution is 2.21. The third-order valence-electron chi connectivity index (χ3n) is 2.62. The van der Waals surface area contributed by atoms with Crippen molar-refractivity contribution < 1.29 is 19.4 Å². The van der Waals surface area contributed by atoms with Gasteiger partial charge in [-0.25, -0.2) is 9.18 Å². The summed E-state index contributed by atoms with van der Waals surface area (Å²) in [7, 11) is 0. The molecule has 17 heavy (non-hydrogen) atoms. The van der Waals surface area contributed by atoms with E-state index in [0.29, 0.717) is 23.9 Å². The van der Waals surface area contributed by atoms with Crippen molar-refractivity contribution in [1.29, 1.82) is 0 Å². The van der Waals surface area contributed by atoms with Crippen LogP contribution in [0.25, 0.3) is 10.9 Å². The Balaban J connectivity index is 2.58. The van der Waals surface area contributed by atoms with Crippen molar-refractivity contribution in [3.63, 3.8) is 0 Å². The zero-order chi connectivity index (χ0) is 12.4. The lowest BCUT2D eigenvalue weighted by molar-refractivity contribution is 0.0685. The number of aliphatic hydroxyl groups excluding tert-OH is 1. The van der Waals surface area contributed by atoms with Gasteiger partial charge < -0.3 is 14.8 Å². The van der Waals surface area contributed by atoms with E-state index in [9.17, 15) is 9.18 Å². The maximum absolute atomic E-state index is 13.0. The first-order chi connectivity index (χ1) is 8.13. The van der Waals surface area contributed by atoms with Crippen molar-refractivity contribution in [1.82, 2.24) is 4.57 Å². The number of carboxylic acid groups (broad SMARTS) is 1. The first kappa shape index (κ1) is 11.6. The monoisotopic (exact) mass is 237 g/mol. The Labute approximate surface area is 96.9 Å². The largest absolute Gasteiger partial charge is 0.477 e. The minimum Gasteiger partial charge on any atom is -0.477 e. The summed E-state index contributed by atoms with van der Waals surface area (Å²) in [6.45, 7) is 0.382. The maximum atomic E-state index is 13.0. The first-order valence-corrected chi connectivity index (χ1v) is 5.26. The maximum Gasteiger partial charge on any atom is 0.352 e. The highest BCUT2D eigenvalue weighted by Gasteiger charge is 2.14. The number of halogens is 1. The fraction of sp³-hybridized carbons (Fsp3) is 0.250. The summed E-state index contributed by atoms with van der Waals surface area (Å²) in [4.78, 5) is 11.1. The van der Waals surface area contributed by atoms with Gasteiger partial charge in [-0.1, -0.05) is 0 Å². The van der Waals surface area contributed by atoms with Crippen LogP contribution in [-0.2, 0) is 6.54 Å². The van der Waals surface area contributed by atoms with Gasteiger partial charge in [0.05, 0.1) is 0 Å². The van der Waals surface area contributed by atoms with Crippen LogP contribution < -0.4 is 0 Å². The van der Waals surface area contributed by atoms with Crippen LogP contribution in [-0.4, -0.2) is 27.4 Å². The van der Waals surface area contributed by atoms with Crippen molar-refractivity contribution in [2.24, 2.45) is 0 Å². The Morgan fingerprint density at radius 3 is 2.76 bits per heavy atom. The lowest BCUT2D eigenvalue weighted by Crippen LogP contribution is -2.09. The number of aromatic carboxylic acids is 1. The number of carbonyl (C=O) groups is 1. The highest BCUT2D eigenvalue weighted by atomic mass is 19.1. The minimum absolute atomic E-state index is 0.0140. The van der Waals surface area contributed by atoms with Gasteiger partial charge >= 0.3 is 5.97 Å². The summed E-state index contributed by atoms with van der Waals surface area (Å²) >= 11 is 0. The minimum atomic E-state index is -1.06. The molecule has 0 spiro atoms. The van der Waals surface area contributed by atoms with Crippen LogP contribution in [0.4, 0.5) is 4.39 Å². The van der Waals surface area contributed by atoms with E-state index in [4.69, 9.17) is 10.2 Å². The van der Waals surface area contributed by atoms with Gasteiger partial charge in [0.25, 0.3) is 0 Å². The van der Waals surface area contributed by atoms with Crippen molar-refractivity contribution in [2.75, 3.05) is 6.61 Å². The van der Waals surface area contributed by atoms with Gasteiger partial charge in [0, 0.05) is 24.1 Å². The Kier molecular flexibility index (Phi) is 3.10. The van der Waals surface area contributed by atoms with Crippen molar-refractivity contribution in [3.8, 4) is 0 Å². The zero-order valence-corrected chi connectivity index (χ0v) is 9.06. The molecule has 1 aromatic carbocycles. The number of rotatable bonds is 4. The molecule has 0 atom stereocenters. The number of nitrogens with zero attached hydrogens (tertiary/aromatic N) is 1. The van der Waals surface area contributed by atoms with Gasteiger partial charge in [-0.05, 0) is 30.7 Å². The summed E-state index contributed by atoms with van der Waals surface area (Å²) in [5.41, 5.74) is 0.774. The van der Waals surface area contributed by atoms with Gasteiger partial charge in [-0.2, -0.15) is 0 Å². The van der Waals surface area contributed by atoms with Gasteiger partial charge in [-0.3, -0.25) is 0 Å². The number of hydrogen-bond acceptors (Lipinski definition) is 2. The molecule has 2 aromatic rings. The van der Waals surface area contributed by atoms with E-state index in [1.807, 2.05) is 0 Å². The Bertz CT molecular complexity index is 562. The molecule has 0 fully saturated rings. The second-order valence-corrected chi connectivity index (χ2v) is 3.77. The van der Waals surface area contributed by atoms with E-state index in [1.165, 1.54) is 18.2 Å². The molecule has 2 rings (SSSR count). The van der Waals surface area contributed by atoms with Crippen LogP contribution >= 0.6 is 0 Å². The number of carboxylic acids is 1. The standard InChI is InChI=1S/C12H12FNO3/c13-9-2-3-10-8(6-9)7-11(12(16)17)14(10)4-1-5-15/h2-3,6-7,15H,1,4-5H2,(H,16,17). The number of benzene rings is 1. The van der Waals surface area contributed by atoms with E-state index in [-0.39, 0.29) is 12.3 Å². The molecule has 0 bridgehead atoms. The lowest BCUT2D eigenvalue weighted by Gasteiger charge is -2.06. The Morgan fingerprint density at radius 2 is 2.12 bits per heavy atom. The summed E-state index contributed by atoms with van der Waals surface area (Å²) in [6, 6.07) is 5.59. The molecule has 0 amide bonds. The molecule has 0 saturated heterocycles. The average Bonchev–Trinajstić information content (AvgIpc) is 2.64. The number of hydrogen-bond donors (Lipinski definition) is 2. The number of fused-ring (bicyclic) bond motifs is 1. The third-order valence-corrected chi connectivity index (χ3v) is 2.62. The third kappa shape index (κ3) is 2.14. The molecular formula is C12H12FNO3. The van der Waals surface area contributed by atoms with Crippen molar-refractivity contribution >= 4 is 16.9 Å². The molecule has 4 nitrogen and oxygen atoms in total. The van der Waals surface area contributed by atoms with E-state index < -0.39 is 11.8 Å². The fourth-order valence-corrected chi connectivity index (χ4v) is 1.89. The van der Waals surface area contributed by atoms with Crippen LogP contribution in [0.15, 0.2) is 24.3 Å². The Morgan fingerprint density at radius 1 is 1.35 bits per heavy atom. The molecule has 1 aromatic heterocycles. The molecule has 0 saturated carbocycles. The van der Waals surface area contributed by atoms with Gasteiger partial charge in [0.2, 0.25) is 0 Å². The van der Waals surface area contributed by atoms with Crippen LogP contribution in [0.2, 0.25) is 0 Å². The van der Waals surface area contributed by atoms with Gasteiger partial charge in [0.1, 0.15) is 11.5 Å². The molecular weight excluding hydrogens is 225 g/mol. The molecule has 90 valence electrons. The molecule has 1 heterocycles. The van der Waals surface area contributed by atoms with Crippen LogP contribution in [0.3, 0.4) is 0 Å². The first-order valence-electron chi connectivity index (χ1n) is 5.26. The van der Waals surface area contributed by atoms with Crippen molar-refractivity contribution in [3.05, 3.63) is 35.8 Å². The van der Waals surface area contributed by atoms with E-state index in [2.05, 4.69) is 0 Å². The van der Waals surface area contributed by atoms with Gasteiger partial charge in [-0.15, -0.1) is 0 Å². The molecule has 0 unspecified atom stereocenters. The summed E-state index contributed by atoms with van der Waals surface area (Å²) in [5.74, 6) is -1.45. The highest BCUT2D eigenvalue weighted by molar-refractivity contribution is 5.94. The lowest BCUT2D eigenvalue weighted by atomic mass is 10.2. The molecule has 0 aliphatic carbocycles. The quantitative estimate of drug-likeness (QED) is 0.853. The smallest absolute Gasteiger partial charge is 0.352 e. The second-order valence-electron chi connectivity index (χ2n) is 3.77. The molecule has 2 N–H and O–H groups in total. The second kappa shape index (κ2) is 4.55. The average molecular weight is 237 g/mol. The number of aromatic nitrogens is 1. The zero-order valence-electron chi connectivity index (χ0n) is 9.06. The van der Waals surface area contributed by atoms with Crippen LogP contribution in [0.5, 0.6) is 0 Å². The molecule has 5 heteroatoms. The normalized spacial score (nSPS) is 10.9. The summed E-state index contributed by atoms with van der Waals surface area (Å²) in [5, 5.41) is 18.4. The van der Waals surface area contributed by atoms with Crippen molar-refractivity contribution in [2.45, 2.75) is 13.0 Å². The predicted octanol–water partition coefficient (Wildman–Crippen LogP) is 1.86. The van der Waals surface area contributed by atoms with Crippen LogP contribution in [0, 0.1) is 5.82 Å².